The minimum Gasteiger partial charge on any atom is -0.357 e. The molecule has 2 N–H and O–H groups in total. The molecule has 0 amide bonds. The highest BCUT2D eigenvalue weighted by Crippen LogP contribution is 2.47. The number of benzene rings is 6. The average molecular weight is 758 g/mol. The molecule has 0 bridgehead atoms. The molecule has 1 atom stereocenters. The van der Waals surface area contributed by atoms with Gasteiger partial charge in [-0.15, -0.1) is 0 Å². The van der Waals surface area contributed by atoms with Gasteiger partial charge in [0, 0.05) is 27.5 Å². The Bertz CT molecular complexity index is 1990. The molecule has 6 aromatic rings. The third-order valence-corrected chi connectivity index (χ3v) is 12.7. The summed E-state index contributed by atoms with van der Waals surface area (Å²) in [7, 11) is -2.72. The van der Waals surface area contributed by atoms with Crippen LogP contribution in [-0.2, 0) is 12.4 Å². The highest BCUT2D eigenvalue weighted by Gasteiger charge is 2.37. The molecule has 6 rings (SSSR count). The summed E-state index contributed by atoms with van der Waals surface area (Å²) in [5, 5.41) is 8.80. The van der Waals surface area contributed by atoms with Crippen molar-refractivity contribution in [2.75, 3.05) is 11.9 Å². The standard InChI is InChI=1S/C42H34F6N3PS/c43-41(44,45)32-26-33(42(46,47)48)28-34(27-32)50-40(53)51-38(39(30-16-6-1-7-17-30)31-18-8-2-9-19-31)29-49-52(35-20-10-3-11-21-35,36-22-12-4-13-23-36)37-24-14-5-15-25-37/h1-28,38-39H,29H2,(H2,50,51,53)/t38-/m0/s1. The molecule has 0 fully saturated rings. The first kappa shape index (κ1) is 37.6. The summed E-state index contributed by atoms with van der Waals surface area (Å²) in [5.41, 5.74) is -1.51. The smallest absolute Gasteiger partial charge is 0.357 e. The number of thiocarbonyl (C=S) groups is 1. The Kier molecular flexibility index (Phi) is 11.5. The van der Waals surface area contributed by atoms with Gasteiger partial charge in [0.2, 0.25) is 0 Å². The van der Waals surface area contributed by atoms with Crippen molar-refractivity contribution in [1.82, 2.24) is 5.32 Å². The van der Waals surface area contributed by atoms with Gasteiger partial charge in [-0.3, -0.25) is 4.74 Å². The van der Waals surface area contributed by atoms with Crippen molar-refractivity contribution in [3.05, 3.63) is 192 Å². The van der Waals surface area contributed by atoms with E-state index in [2.05, 4.69) is 47.0 Å². The van der Waals surface area contributed by atoms with Crippen LogP contribution in [0.25, 0.3) is 0 Å². The fourth-order valence-corrected chi connectivity index (χ4v) is 10.3. The Labute approximate surface area is 309 Å². The Balaban J connectivity index is 1.51. The van der Waals surface area contributed by atoms with Gasteiger partial charge in [0.25, 0.3) is 0 Å². The van der Waals surface area contributed by atoms with E-state index in [1.807, 2.05) is 115 Å². The van der Waals surface area contributed by atoms with E-state index in [9.17, 15) is 26.3 Å². The number of rotatable bonds is 10. The Morgan fingerprint density at radius 3 is 1.26 bits per heavy atom. The van der Waals surface area contributed by atoms with Gasteiger partial charge in [-0.25, -0.2) is 0 Å². The normalized spacial score (nSPS) is 12.6. The summed E-state index contributed by atoms with van der Waals surface area (Å²) < 4.78 is 88.1. The highest BCUT2D eigenvalue weighted by atomic mass is 32.1. The van der Waals surface area contributed by atoms with Crippen LogP contribution in [0.4, 0.5) is 32.0 Å². The van der Waals surface area contributed by atoms with E-state index in [0.717, 1.165) is 27.0 Å². The van der Waals surface area contributed by atoms with Crippen molar-refractivity contribution in [3.8, 4) is 0 Å². The molecule has 0 unspecified atom stereocenters. The monoisotopic (exact) mass is 757 g/mol. The van der Waals surface area contributed by atoms with Crippen LogP contribution in [0.3, 0.4) is 0 Å². The number of halogens is 6. The van der Waals surface area contributed by atoms with Crippen LogP contribution in [0.1, 0.15) is 28.2 Å². The number of nitrogens with zero attached hydrogens (tertiary/aromatic N) is 1. The molecule has 0 aliphatic carbocycles. The summed E-state index contributed by atoms with van der Waals surface area (Å²) >= 11 is 5.68. The second-order valence-electron chi connectivity index (χ2n) is 12.3. The van der Waals surface area contributed by atoms with Crippen molar-refractivity contribution in [2.45, 2.75) is 24.3 Å². The third kappa shape index (κ3) is 8.90. The maximum absolute atomic E-state index is 13.7. The molecule has 0 saturated heterocycles. The van der Waals surface area contributed by atoms with Crippen LogP contribution < -0.4 is 26.5 Å². The van der Waals surface area contributed by atoms with Crippen LogP contribution in [0, 0.1) is 0 Å². The first-order valence-electron chi connectivity index (χ1n) is 16.7. The van der Waals surface area contributed by atoms with Crippen LogP contribution in [0.15, 0.2) is 175 Å². The predicted octanol–water partition coefficient (Wildman–Crippen LogP) is 10.4. The number of hydrogen-bond acceptors (Lipinski definition) is 2. The Morgan fingerprint density at radius 1 is 0.547 bits per heavy atom. The van der Waals surface area contributed by atoms with E-state index < -0.39 is 48.2 Å². The average Bonchev–Trinajstić information content (AvgIpc) is 3.16. The molecule has 3 nitrogen and oxygen atoms in total. The minimum atomic E-state index is -5.01. The van der Waals surface area contributed by atoms with Crippen LogP contribution in [0.5, 0.6) is 0 Å². The SMILES string of the molecule is FC(F)(F)c1cc(NC(=S)N[C@@H](CN=P(c2ccccc2)(c2ccccc2)c2ccccc2)C(c2ccccc2)c2ccccc2)cc(C(F)(F)F)c1. The van der Waals surface area contributed by atoms with E-state index in [1.54, 1.807) is 0 Å². The van der Waals surface area contributed by atoms with Gasteiger partial charge in [-0.1, -0.05) is 152 Å². The minimum absolute atomic E-state index is 0.0875. The number of hydrogen-bond donors (Lipinski definition) is 2. The molecule has 0 aliphatic rings. The summed E-state index contributed by atoms with van der Waals surface area (Å²) in [6, 6.07) is 50.0. The summed E-state index contributed by atoms with van der Waals surface area (Å²) in [6.07, 6.45) is -10.0. The number of nitrogens with one attached hydrogen (secondary N) is 2. The van der Waals surface area contributed by atoms with E-state index >= 15 is 0 Å². The first-order valence-corrected chi connectivity index (χ1v) is 18.8. The second kappa shape index (κ2) is 16.2. The highest BCUT2D eigenvalue weighted by molar-refractivity contribution is 7.87. The van der Waals surface area contributed by atoms with Crippen molar-refractivity contribution < 1.29 is 26.3 Å². The molecule has 0 aromatic heterocycles. The van der Waals surface area contributed by atoms with Gasteiger partial charge in [0.1, 0.15) is 0 Å². The Morgan fingerprint density at radius 2 is 0.906 bits per heavy atom. The van der Waals surface area contributed by atoms with Gasteiger partial charge >= 0.3 is 12.4 Å². The quantitative estimate of drug-likeness (QED) is 0.0830. The molecule has 270 valence electrons. The van der Waals surface area contributed by atoms with Gasteiger partial charge in [-0.2, -0.15) is 26.3 Å². The van der Waals surface area contributed by atoms with Gasteiger partial charge in [-0.05, 0) is 41.5 Å². The molecule has 0 heterocycles. The van der Waals surface area contributed by atoms with E-state index in [4.69, 9.17) is 17.0 Å². The lowest BCUT2D eigenvalue weighted by atomic mass is 9.85. The summed E-state index contributed by atoms with van der Waals surface area (Å²) in [4.78, 5) is 0. The van der Waals surface area contributed by atoms with Gasteiger partial charge in [0.15, 0.2) is 5.11 Å². The fraction of sp³-hybridized carbons (Fsp3) is 0.119. The second-order valence-corrected chi connectivity index (χ2v) is 15.8. The molecule has 0 radical (unpaired) electrons. The van der Waals surface area contributed by atoms with Crippen LogP contribution in [-0.4, -0.2) is 17.7 Å². The lowest BCUT2D eigenvalue weighted by Crippen LogP contribution is -2.44. The van der Waals surface area contributed by atoms with Crippen molar-refractivity contribution >= 4 is 46.0 Å². The molecule has 11 heteroatoms. The van der Waals surface area contributed by atoms with E-state index in [0.29, 0.717) is 12.1 Å². The van der Waals surface area contributed by atoms with Gasteiger partial charge < -0.3 is 10.6 Å². The molecule has 6 aromatic carbocycles. The zero-order valence-electron chi connectivity index (χ0n) is 28.1. The van der Waals surface area contributed by atoms with E-state index in [-0.39, 0.29) is 17.7 Å². The predicted molar refractivity (Wildman–Crippen MR) is 207 cm³/mol. The largest absolute Gasteiger partial charge is 0.416 e. The number of alkyl halides is 6. The van der Waals surface area contributed by atoms with Crippen LogP contribution in [0.2, 0.25) is 0 Å². The zero-order valence-corrected chi connectivity index (χ0v) is 29.8. The van der Waals surface area contributed by atoms with E-state index in [1.165, 1.54) is 0 Å². The lowest BCUT2D eigenvalue weighted by Gasteiger charge is -2.32. The first-order chi connectivity index (χ1) is 25.4. The van der Waals surface area contributed by atoms with Crippen LogP contribution >= 0.6 is 19.3 Å². The number of anilines is 1. The zero-order chi connectivity index (χ0) is 37.5. The summed E-state index contributed by atoms with van der Waals surface area (Å²) in [6.45, 7) is 0.152. The summed E-state index contributed by atoms with van der Waals surface area (Å²) in [5.74, 6) is -0.391. The van der Waals surface area contributed by atoms with Crippen molar-refractivity contribution in [3.63, 3.8) is 0 Å². The maximum atomic E-state index is 13.7. The topological polar surface area (TPSA) is 36.4 Å². The van der Waals surface area contributed by atoms with Gasteiger partial charge in [0.05, 0.1) is 30.8 Å². The molecule has 53 heavy (non-hydrogen) atoms. The molecule has 0 saturated carbocycles. The molecular weight excluding hydrogens is 724 g/mol. The molecular formula is C42H34F6N3PS. The fourth-order valence-electron chi connectivity index (χ4n) is 6.41. The lowest BCUT2D eigenvalue weighted by molar-refractivity contribution is -0.143. The maximum Gasteiger partial charge on any atom is 0.416 e. The Hall–Kier alpha value is -5.18. The molecule has 0 aliphatic heterocycles. The van der Waals surface area contributed by atoms with Crippen molar-refractivity contribution in [1.29, 1.82) is 0 Å². The third-order valence-electron chi connectivity index (χ3n) is 8.76. The van der Waals surface area contributed by atoms with Crippen molar-refractivity contribution in [2.24, 2.45) is 4.74 Å². The molecule has 0 spiro atoms.